The predicted octanol–water partition coefficient (Wildman–Crippen LogP) is 4.59. The van der Waals surface area contributed by atoms with Gasteiger partial charge >= 0.3 is 6.18 Å². The van der Waals surface area contributed by atoms with E-state index in [4.69, 9.17) is 10.5 Å². The Hall–Kier alpha value is -3.41. The molecule has 7 nitrogen and oxygen atoms in total. The highest BCUT2D eigenvalue weighted by Gasteiger charge is 2.36. The number of carbonyl (C=O) groups is 1. The first-order chi connectivity index (χ1) is 15.6. The minimum Gasteiger partial charge on any atom is -0.491 e. The normalized spacial score (nSPS) is 15.6. The Balaban J connectivity index is 1.55. The smallest absolute Gasteiger partial charge is 0.416 e. The Kier molecular flexibility index (Phi) is 4.74. The second-order valence-electron chi connectivity index (χ2n) is 7.56. The van der Waals surface area contributed by atoms with Gasteiger partial charge in [0.15, 0.2) is 4.73 Å². The SMILES string of the molecule is CN(C(=O)c1cc2c(cc1F)nc(N)c1cnc(Br)n12)[C@@H]1COc2cc(C(F)(F)F)ccc21. The summed E-state index contributed by atoms with van der Waals surface area (Å²) in [6.07, 6.45) is -3.03. The number of alkyl halides is 3. The summed E-state index contributed by atoms with van der Waals surface area (Å²) in [5, 5.41) is 0. The molecule has 0 aliphatic carbocycles. The van der Waals surface area contributed by atoms with Crippen molar-refractivity contribution in [1.82, 2.24) is 19.3 Å². The van der Waals surface area contributed by atoms with Gasteiger partial charge in [0, 0.05) is 18.7 Å². The monoisotopic (exact) mass is 523 g/mol. The summed E-state index contributed by atoms with van der Waals surface area (Å²) >= 11 is 3.31. The van der Waals surface area contributed by atoms with Crippen LogP contribution >= 0.6 is 15.9 Å². The Morgan fingerprint density at radius 1 is 1.27 bits per heavy atom. The molecule has 0 saturated heterocycles. The topological polar surface area (TPSA) is 85.8 Å². The van der Waals surface area contributed by atoms with E-state index in [0.717, 1.165) is 18.2 Å². The third-order valence-electron chi connectivity index (χ3n) is 5.64. The third kappa shape index (κ3) is 3.36. The maximum absolute atomic E-state index is 14.9. The maximum Gasteiger partial charge on any atom is 0.416 e. The van der Waals surface area contributed by atoms with Gasteiger partial charge < -0.3 is 15.4 Å². The molecule has 0 saturated carbocycles. The van der Waals surface area contributed by atoms with Gasteiger partial charge in [0.2, 0.25) is 0 Å². The van der Waals surface area contributed by atoms with Crippen molar-refractivity contribution in [1.29, 1.82) is 0 Å². The second kappa shape index (κ2) is 7.30. The number of anilines is 1. The van der Waals surface area contributed by atoms with Crippen LogP contribution in [0.25, 0.3) is 16.6 Å². The van der Waals surface area contributed by atoms with E-state index >= 15 is 0 Å². The van der Waals surface area contributed by atoms with Gasteiger partial charge in [-0.25, -0.2) is 14.4 Å². The average Bonchev–Trinajstić information content (AvgIpc) is 3.36. The fraction of sp³-hybridized carbons (Fsp3) is 0.190. The molecule has 0 bridgehead atoms. The van der Waals surface area contributed by atoms with Gasteiger partial charge in [-0.1, -0.05) is 6.07 Å². The number of amides is 1. The van der Waals surface area contributed by atoms with Crippen LogP contribution in [0.1, 0.15) is 27.5 Å². The fourth-order valence-corrected chi connectivity index (χ4v) is 4.42. The molecule has 170 valence electrons. The Bertz CT molecular complexity index is 1450. The summed E-state index contributed by atoms with van der Waals surface area (Å²) in [4.78, 5) is 22.8. The van der Waals surface area contributed by atoms with E-state index in [9.17, 15) is 22.4 Å². The summed E-state index contributed by atoms with van der Waals surface area (Å²) in [5.74, 6) is -1.29. The molecule has 1 amide bonds. The highest BCUT2D eigenvalue weighted by Crippen LogP contribution is 2.40. The summed E-state index contributed by atoms with van der Waals surface area (Å²) in [6, 6.07) is 4.86. The molecule has 0 fully saturated rings. The number of likely N-dealkylation sites (N-methyl/N-ethyl adjacent to an activating group) is 1. The van der Waals surface area contributed by atoms with E-state index in [1.165, 1.54) is 30.3 Å². The maximum atomic E-state index is 14.9. The highest BCUT2D eigenvalue weighted by molar-refractivity contribution is 9.10. The molecular weight excluding hydrogens is 510 g/mol. The van der Waals surface area contributed by atoms with E-state index in [0.29, 0.717) is 21.3 Å². The van der Waals surface area contributed by atoms with Gasteiger partial charge in [-0.2, -0.15) is 13.2 Å². The van der Waals surface area contributed by atoms with Gasteiger partial charge in [-0.3, -0.25) is 9.20 Å². The number of nitrogen functional groups attached to an aromatic ring is 1. The predicted molar refractivity (Wildman–Crippen MR) is 114 cm³/mol. The molecule has 33 heavy (non-hydrogen) atoms. The number of nitrogens with two attached hydrogens (primary N) is 1. The first kappa shape index (κ1) is 21.4. The van der Waals surface area contributed by atoms with Crippen LogP contribution in [-0.2, 0) is 6.18 Å². The number of hydrogen-bond donors (Lipinski definition) is 1. The number of hydrogen-bond acceptors (Lipinski definition) is 5. The molecule has 2 aromatic carbocycles. The van der Waals surface area contributed by atoms with Crippen LogP contribution in [0.2, 0.25) is 0 Å². The van der Waals surface area contributed by atoms with Crippen LogP contribution in [0.4, 0.5) is 23.4 Å². The number of rotatable bonds is 2. The summed E-state index contributed by atoms with van der Waals surface area (Å²) < 4.78 is 61.3. The van der Waals surface area contributed by atoms with Crippen LogP contribution in [0.3, 0.4) is 0 Å². The average molecular weight is 524 g/mol. The van der Waals surface area contributed by atoms with Crippen molar-refractivity contribution in [2.45, 2.75) is 12.2 Å². The zero-order valence-corrected chi connectivity index (χ0v) is 18.4. The van der Waals surface area contributed by atoms with Gasteiger partial charge in [-0.15, -0.1) is 0 Å². The molecule has 2 aromatic heterocycles. The molecule has 12 heteroatoms. The molecule has 0 spiro atoms. The zero-order chi connectivity index (χ0) is 23.7. The quantitative estimate of drug-likeness (QED) is 0.388. The number of carbonyl (C=O) groups excluding carboxylic acids is 1. The number of aromatic nitrogens is 3. The van der Waals surface area contributed by atoms with Gasteiger partial charge in [0.25, 0.3) is 5.91 Å². The lowest BCUT2D eigenvalue weighted by molar-refractivity contribution is -0.137. The Morgan fingerprint density at radius 2 is 2.03 bits per heavy atom. The number of ether oxygens (including phenoxy) is 1. The van der Waals surface area contributed by atoms with Gasteiger partial charge in [0.05, 0.1) is 34.4 Å². The number of nitrogens with zero attached hydrogens (tertiary/aromatic N) is 4. The number of imidazole rings is 1. The van der Waals surface area contributed by atoms with E-state index in [-0.39, 0.29) is 29.3 Å². The van der Waals surface area contributed by atoms with E-state index in [1.54, 1.807) is 4.40 Å². The molecule has 5 rings (SSSR count). The lowest BCUT2D eigenvalue weighted by Gasteiger charge is -2.24. The van der Waals surface area contributed by atoms with Crippen LogP contribution < -0.4 is 10.5 Å². The van der Waals surface area contributed by atoms with Crippen molar-refractivity contribution in [3.8, 4) is 5.75 Å². The van der Waals surface area contributed by atoms with Gasteiger partial charge in [-0.05, 0) is 34.1 Å². The summed E-state index contributed by atoms with van der Waals surface area (Å²) in [5.41, 5.74) is 6.35. The van der Waals surface area contributed by atoms with E-state index in [2.05, 4.69) is 25.9 Å². The molecule has 4 aromatic rings. The van der Waals surface area contributed by atoms with Crippen LogP contribution in [0.5, 0.6) is 5.75 Å². The molecule has 3 heterocycles. The van der Waals surface area contributed by atoms with Crippen LogP contribution in [-0.4, -0.2) is 38.8 Å². The molecule has 0 unspecified atom stereocenters. The first-order valence-electron chi connectivity index (χ1n) is 9.59. The van der Waals surface area contributed by atoms with Crippen LogP contribution in [0, 0.1) is 5.82 Å². The minimum atomic E-state index is -4.52. The molecule has 1 aliphatic rings. The van der Waals surface area contributed by atoms with Crippen molar-refractivity contribution in [2.75, 3.05) is 19.4 Å². The van der Waals surface area contributed by atoms with E-state index in [1.807, 2.05) is 0 Å². The number of halogens is 5. The molecule has 1 aliphatic heterocycles. The van der Waals surface area contributed by atoms with Crippen molar-refractivity contribution in [3.05, 3.63) is 63.8 Å². The standard InChI is InChI=1S/C21H14BrF4N5O2/c1-30(16-8-33-17-4-9(21(24,25)26)2-3-10(16)17)19(32)11-5-14-13(6-12(11)23)29-18(27)15-7-28-20(22)31(14)15/h2-7,16H,8H2,1H3,(H2,27,29)/t16-/m1/s1. The molecular formula is C21H14BrF4N5O2. The third-order valence-corrected chi connectivity index (χ3v) is 6.20. The lowest BCUT2D eigenvalue weighted by Crippen LogP contribution is -2.32. The molecule has 2 N–H and O–H groups in total. The van der Waals surface area contributed by atoms with Crippen molar-refractivity contribution < 1.29 is 27.1 Å². The second-order valence-corrected chi connectivity index (χ2v) is 8.27. The zero-order valence-electron chi connectivity index (χ0n) is 16.8. The lowest BCUT2D eigenvalue weighted by atomic mass is 10.0. The summed E-state index contributed by atoms with van der Waals surface area (Å²) in [6.45, 7) is -0.0521. The molecule has 0 radical (unpaired) electrons. The van der Waals surface area contributed by atoms with Crippen molar-refractivity contribution in [3.63, 3.8) is 0 Å². The largest absolute Gasteiger partial charge is 0.491 e. The van der Waals surface area contributed by atoms with E-state index < -0.39 is 29.5 Å². The van der Waals surface area contributed by atoms with Crippen molar-refractivity contribution >= 4 is 44.2 Å². The summed E-state index contributed by atoms with van der Waals surface area (Å²) in [7, 11) is 1.44. The minimum absolute atomic E-state index is 0.0391. The Labute approximate surface area is 191 Å². The van der Waals surface area contributed by atoms with Crippen LogP contribution in [0.15, 0.2) is 41.3 Å². The number of fused-ring (bicyclic) bond motifs is 4. The number of benzene rings is 2. The highest BCUT2D eigenvalue weighted by atomic mass is 79.9. The molecule has 1 atom stereocenters. The van der Waals surface area contributed by atoms with Crippen molar-refractivity contribution in [2.24, 2.45) is 0 Å². The Morgan fingerprint density at radius 3 is 2.76 bits per heavy atom. The first-order valence-corrected chi connectivity index (χ1v) is 10.4. The fourth-order valence-electron chi connectivity index (χ4n) is 3.93. The van der Waals surface area contributed by atoms with Gasteiger partial charge in [0.1, 0.15) is 29.5 Å².